The zero-order valence-electron chi connectivity index (χ0n) is 14.4. The molecule has 0 saturated carbocycles. The van der Waals surface area contributed by atoms with Crippen molar-refractivity contribution < 1.29 is 27.8 Å². The number of ether oxygens (including phenoxy) is 1. The number of benzene rings is 2. The van der Waals surface area contributed by atoms with Gasteiger partial charge in [-0.2, -0.15) is 13.2 Å². The van der Waals surface area contributed by atoms with Crippen molar-refractivity contribution in [3.63, 3.8) is 0 Å². The fourth-order valence-electron chi connectivity index (χ4n) is 2.34. The number of aliphatic carboxylic acids is 1. The van der Waals surface area contributed by atoms with E-state index < -0.39 is 17.7 Å². The van der Waals surface area contributed by atoms with Crippen LogP contribution in [-0.2, 0) is 15.7 Å². The van der Waals surface area contributed by atoms with Crippen molar-refractivity contribution in [3.8, 4) is 0 Å². The number of carboxylic acids is 1. The van der Waals surface area contributed by atoms with Gasteiger partial charge in [0.2, 0.25) is 0 Å². The maximum Gasteiger partial charge on any atom is 0.416 e. The van der Waals surface area contributed by atoms with Crippen molar-refractivity contribution in [2.75, 3.05) is 7.11 Å². The summed E-state index contributed by atoms with van der Waals surface area (Å²) < 4.78 is 42.5. The van der Waals surface area contributed by atoms with Gasteiger partial charge >= 0.3 is 12.1 Å². The lowest BCUT2D eigenvalue weighted by molar-refractivity contribution is -0.137. The van der Waals surface area contributed by atoms with Crippen LogP contribution in [0.4, 0.5) is 13.2 Å². The molecule has 0 aliphatic rings. The summed E-state index contributed by atoms with van der Waals surface area (Å²) in [7, 11) is 1.37. The second kappa shape index (κ2) is 8.89. The second-order valence-electron chi connectivity index (χ2n) is 5.50. The van der Waals surface area contributed by atoms with Gasteiger partial charge in [0.05, 0.1) is 18.9 Å². The Morgan fingerprint density at radius 2 is 1.63 bits per heavy atom. The second-order valence-corrected chi connectivity index (χ2v) is 5.50. The highest BCUT2D eigenvalue weighted by Gasteiger charge is 2.29. The van der Waals surface area contributed by atoms with E-state index >= 15 is 0 Å². The van der Waals surface area contributed by atoms with E-state index in [0.717, 1.165) is 18.4 Å². The summed E-state index contributed by atoms with van der Waals surface area (Å²) in [5.74, 6) is -1.11. The molecule has 0 atom stereocenters. The maximum absolute atomic E-state index is 12.5. The summed E-state index contributed by atoms with van der Waals surface area (Å²) in [6.07, 6.45) is 3.52. The number of hydrogen-bond acceptors (Lipinski definition) is 2. The first-order valence-corrected chi connectivity index (χ1v) is 7.90. The lowest BCUT2D eigenvalue weighted by atomic mass is 10.00. The predicted molar refractivity (Wildman–Crippen MR) is 98.6 cm³/mol. The lowest BCUT2D eigenvalue weighted by Gasteiger charge is -2.06. The first-order valence-electron chi connectivity index (χ1n) is 7.90. The van der Waals surface area contributed by atoms with E-state index in [1.807, 2.05) is 0 Å². The van der Waals surface area contributed by atoms with Crippen molar-refractivity contribution in [3.05, 3.63) is 89.2 Å². The Kier molecular flexibility index (Phi) is 6.60. The summed E-state index contributed by atoms with van der Waals surface area (Å²) in [6, 6.07) is 11.7. The van der Waals surface area contributed by atoms with Gasteiger partial charge in [-0.25, -0.2) is 4.79 Å². The number of alkyl halides is 3. The molecule has 0 fully saturated rings. The molecule has 0 saturated heterocycles. The Balaban J connectivity index is 2.18. The van der Waals surface area contributed by atoms with E-state index in [1.54, 1.807) is 48.6 Å². The fraction of sp³-hybridized carbons (Fsp3) is 0.0952. The molecule has 0 aliphatic carbocycles. The summed E-state index contributed by atoms with van der Waals surface area (Å²) in [6.45, 7) is 0. The molecule has 0 aromatic heterocycles. The van der Waals surface area contributed by atoms with E-state index in [2.05, 4.69) is 0 Å². The molecule has 0 aliphatic heterocycles. The van der Waals surface area contributed by atoms with E-state index in [1.165, 1.54) is 19.2 Å². The standard InChI is InChI=1S/C21H17F3O3/c1-27-14-19(20(25)26)18-9-5-4-8-16(18)7-3-2-6-15-10-12-17(13-11-15)21(22,23)24/h2-14H,1H3,(H,25,26)/b6-2+,7-3+,19-14+. The number of hydrogen-bond donors (Lipinski definition) is 1. The van der Waals surface area contributed by atoms with Crippen LogP contribution in [0.5, 0.6) is 0 Å². The maximum atomic E-state index is 12.5. The van der Waals surface area contributed by atoms with Gasteiger partial charge in [-0.15, -0.1) is 0 Å². The Hall–Kier alpha value is -3.28. The Labute approximate surface area is 154 Å². The predicted octanol–water partition coefficient (Wildman–Crippen LogP) is 5.50. The molecule has 2 aromatic carbocycles. The van der Waals surface area contributed by atoms with Crippen LogP contribution >= 0.6 is 0 Å². The normalized spacial score (nSPS) is 12.7. The summed E-state index contributed by atoms with van der Waals surface area (Å²) >= 11 is 0. The van der Waals surface area contributed by atoms with Crippen LogP contribution in [0.15, 0.2) is 66.9 Å². The molecule has 0 amide bonds. The first kappa shape index (κ1) is 20.0. The average molecular weight is 374 g/mol. The van der Waals surface area contributed by atoms with E-state index in [4.69, 9.17) is 4.74 Å². The van der Waals surface area contributed by atoms with Gasteiger partial charge in [-0.05, 0) is 28.8 Å². The lowest BCUT2D eigenvalue weighted by Crippen LogP contribution is -2.03. The number of allylic oxidation sites excluding steroid dienone is 2. The molecule has 6 heteroatoms. The molecule has 140 valence electrons. The van der Waals surface area contributed by atoms with Crippen LogP contribution in [0.1, 0.15) is 22.3 Å². The highest BCUT2D eigenvalue weighted by atomic mass is 19.4. The average Bonchev–Trinajstić information content (AvgIpc) is 2.63. The number of methoxy groups -OCH3 is 1. The topological polar surface area (TPSA) is 46.5 Å². The minimum atomic E-state index is -4.36. The van der Waals surface area contributed by atoms with E-state index in [0.29, 0.717) is 16.7 Å². The van der Waals surface area contributed by atoms with Crippen molar-refractivity contribution in [2.24, 2.45) is 0 Å². The SMILES string of the molecule is CO/C=C(/C(=O)O)c1ccccc1/C=C/C=C/c1ccc(C(F)(F)F)cc1. The third kappa shape index (κ3) is 5.60. The fourth-order valence-corrected chi connectivity index (χ4v) is 2.34. The summed E-state index contributed by atoms with van der Waals surface area (Å²) in [5.41, 5.74) is 1.09. The van der Waals surface area contributed by atoms with Crippen LogP contribution < -0.4 is 0 Å². The van der Waals surface area contributed by atoms with Gasteiger partial charge in [-0.1, -0.05) is 60.7 Å². The molecule has 2 rings (SSSR count). The van der Waals surface area contributed by atoms with Crippen molar-refractivity contribution >= 4 is 23.7 Å². The zero-order chi connectivity index (χ0) is 19.9. The van der Waals surface area contributed by atoms with Crippen LogP contribution in [0.25, 0.3) is 17.7 Å². The van der Waals surface area contributed by atoms with Crippen molar-refractivity contribution in [2.45, 2.75) is 6.18 Å². The highest BCUT2D eigenvalue weighted by Crippen LogP contribution is 2.29. The van der Waals surface area contributed by atoms with Gasteiger partial charge < -0.3 is 9.84 Å². The number of carbonyl (C=O) groups is 1. The Morgan fingerprint density at radius 1 is 1.00 bits per heavy atom. The monoisotopic (exact) mass is 374 g/mol. The minimum Gasteiger partial charge on any atom is -0.503 e. The van der Waals surface area contributed by atoms with Gasteiger partial charge in [0.15, 0.2) is 0 Å². The van der Waals surface area contributed by atoms with Crippen LogP contribution in [0, 0.1) is 0 Å². The molecule has 3 nitrogen and oxygen atoms in total. The molecule has 0 spiro atoms. The van der Waals surface area contributed by atoms with Gasteiger partial charge in [-0.3, -0.25) is 0 Å². The number of rotatable bonds is 6. The van der Waals surface area contributed by atoms with E-state index in [9.17, 15) is 23.1 Å². The zero-order valence-corrected chi connectivity index (χ0v) is 14.4. The van der Waals surface area contributed by atoms with Gasteiger partial charge in [0.1, 0.15) is 5.57 Å². The Morgan fingerprint density at radius 3 is 2.22 bits per heavy atom. The molecule has 0 unspecified atom stereocenters. The molecule has 0 radical (unpaired) electrons. The molecule has 1 N–H and O–H groups in total. The summed E-state index contributed by atoms with van der Waals surface area (Å²) in [4.78, 5) is 11.4. The molecular weight excluding hydrogens is 357 g/mol. The molecule has 2 aromatic rings. The van der Waals surface area contributed by atoms with Gasteiger partial charge in [0, 0.05) is 0 Å². The number of carboxylic acid groups (broad SMARTS) is 1. The third-order valence-corrected chi connectivity index (χ3v) is 3.63. The molecule has 0 bridgehead atoms. The molecular formula is C21H17F3O3. The highest BCUT2D eigenvalue weighted by molar-refractivity contribution is 6.16. The number of halogens is 3. The van der Waals surface area contributed by atoms with Crippen LogP contribution in [-0.4, -0.2) is 18.2 Å². The molecule has 0 heterocycles. The third-order valence-electron chi connectivity index (χ3n) is 3.63. The molecule has 27 heavy (non-hydrogen) atoms. The first-order chi connectivity index (χ1) is 12.8. The van der Waals surface area contributed by atoms with Crippen molar-refractivity contribution in [1.29, 1.82) is 0 Å². The van der Waals surface area contributed by atoms with Crippen LogP contribution in [0.2, 0.25) is 0 Å². The quantitative estimate of drug-likeness (QED) is 0.412. The smallest absolute Gasteiger partial charge is 0.416 e. The largest absolute Gasteiger partial charge is 0.503 e. The minimum absolute atomic E-state index is 0.0180. The van der Waals surface area contributed by atoms with Gasteiger partial charge in [0.25, 0.3) is 0 Å². The van der Waals surface area contributed by atoms with Crippen molar-refractivity contribution in [1.82, 2.24) is 0 Å². The van der Waals surface area contributed by atoms with Crippen LogP contribution in [0.3, 0.4) is 0 Å². The van der Waals surface area contributed by atoms with E-state index in [-0.39, 0.29) is 5.57 Å². The summed E-state index contributed by atoms with van der Waals surface area (Å²) in [5, 5.41) is 9.32. The Bertz CT molecular complexity index is 876.